The number of carbonyl (C=O) groups excluding carboxylic acids is 1. The molecule has 4 rings (SSSR count). The van der Waals surface area contributed by atoms with Gasteiger partial charge in [0.1, 0.15) is 6.61 Å². The molecule has 0 spiro atoms. The first-order valence-corrected chi connectivity index (χ1v) is 10.5. The highest BCUT2D eigenvalue weighted by Gasteiger charge is 2.29. The van der Waals surface area contributed by atoms with Crippen molar-refractivity contribution in [3.05, 3.63) is 36.2 Å². The Morgan fingerprint density at radius 1 is 1.25 bits per heavy atom. The maximum atomic E-state index is 12.0. The number of benzene rings is 1. The molecule has 1 aromatic carbocycles. The normalized spacial score (nSPS) is 20.4. The Balaban J connectivity index is 1.43. The Kier molecular flexibility index (Phi) is 5.28. The second kappa shape index (κ2) is 7.70. The Morgan fingerprint density at radius 3 is 2.93 bits per heavy atom. The molecule has 2 aromatic rings. The minimum absolute atomic E-state index is 0.117. The van der Waals surface area contributed by atoms with E-state index in [1.807, 2.05) is 33.2 Å². The Labute approximate surface area is 167 Å². The third kappa shape index (κ3) is 3.86. The van der Waals surface area contributed by atoms with Crippen LogP contribution in [0, 0.1) is 5.41 Å². The lowest BCUT2D eigenvalue weighted by atomic mass is 9.95. The third-order valence-corrected chi connectivity index (χ3v) is 5.95. The van der Waals surface area contributed by atoms with Crippen molar-refractivity contribution < 1.29 is 9.53 Å². The van der Waals surface area contributed by atoms with Crippen molar-refractivity contribution in [2.24, 2.45) is 5.41 Å². The molecule has 0 aliphatic carbocycles. The predicted molar refractivity (Wildman–Crippen MR) is 113 cm³/mol. The Bertz CT molecular complexity index is 853. The number of aromatic nitrogens is 1. The van der Waals surface area contributed by atoms with Gasteiger partial charge in [-0.25, -0.2) is 0 Å². The van der Waals surface area contributed by atoms with Crippen LogP contribution in [0.25, 0.3) is 10.8 Å². The molecule has 0 amide bonds. The van der Waals surface area contributed by atoms with Crippen LogP contribution in [-0.2, 0) is 16.0 Å². The summed E-state index contributed by atoms with van der Waals surface area (Å²) in [5, 5.41) is 2.61. The average molecular weight is 382 g/mol. The number of likely N-dealkylation sites (tertiary alicyclic amines) is 1. The molecule has 5 nitrogen and oxygen atoms in total. The summed E-state index contributed by atoms with van der Waals surface area (Å²) >= 11 is 0. The Morgan fingerprint density at radius 2 is 2.11 bits per heavy atom. The average Bonchev–Trinajstić information content (AvgIpc) is 2.68. The number of carbonyl (C=O) groups is 1. The zero-order chi connectivity index (χ0) is 19.7. The minimum Gasteiger partial charge on any atom is -0.464 e. The van der Waals surface area contributed by atoms with E-state index >= 15 is 0 Å². The molecule has 1 atom stereocenters. The number of rotatable bonds is 4. The van der Waals surface area contributed by atoms with Crippen molar-refractivity contribution in [3.63, 3.8) is 0 Å². The smallest absolute Gasteiger partial charge is 0.311 e. The van der Waals surface area contributed by atoms with Crippen LogP contribution in [0.4, 0.5) is 5.69 Å². The number of anilines is 1. The number of ether oxygens (including phenoxy) is 1. The van der Waals surface area contributed by atoms with E-state index in [1.54, 1.807) is 0 Å². The zero-order valence-corrected chi connectivity index (χ0v) is 17.3. The maximum absolute atomic E-state index is 12.0. The molecule has 1 fully saturated rings. The van der Waals surface area contributed by atoms with Gasteiger partial charge in [0.25, 0.3) is 0 Å². The topological polar surface area (TPSA) is 45.7 Å². The minimum atomic E-state index is -0.431. The van der Waals surface area contributed by atoms with Crippen LogP contribution in [0.15, 0.2) is 30.6 Å². The van der Waals surface area contributed by atoms with Crippen LogP contribution < -0.4 is 4.90 Å². The zero-order valence-electron chi connectivity index (χ0n) is 17.3. The number of esters is 1. The van der Waals surface area contributed by atoms with Crippen LogP contribution in [0.2, 0.25) is 0 Å². The number of hydrogen-bond donors (Lipinski definition) is 0. The van der Waals surface area contributed by atoms with E-state index < -0.39 is 5.41 Å². The quantitative estimate of drug-likeness (QED) is 0.757. The SMILES string of the molecule is CC(C)(C)C(=O)OCCN1CCCC(N2CCc3cncc4cccc2c34)C1. The first kappa shape index (κ1) is 19.2. The third-order valence-electron chi connectivity index (χ3n) is 5.95. The molecule has 1 saturated heterocycles. The largest absolute Gasteiger partial charge is 0.464 e. The highest BCUT2D eigenvalue weighted by molar-refractivity contribution is 5.97. The van der Waals surface area contributed by atoms with E-state index in [0.717, 1.165) is 32.6 Å². The lowest BCUT2D eigenvalue weighted by Gasteiger charge is -2.42. The van der Waals surface area contributed by atoms with E-state index in [1.165, 1.54) is 34.9 Å². The van der Waals surface area contributed by atoms with Gasteiger partial charge < -0.3 is 9.64 Å². The summed E-state index contributed by atoms with van der Waals surface area (Å²) in [6.07, 6.45) is 7.46. The van der Waals surface area contributed by atoms with Gasteiger partial charge in [0, 0.05) is 54.5 Å². The molecule has 28 heavy (non-hydrogen) atoms. The second-order valence-electron chi connectivity index (χ2n) is 9.10. The van der Waals surface area contributed by atoms with Crippen LogP contribution in [0.3, 0.4) is 0 Å². The summed E-state index contributed by atoms with van der Waals surface area (Å²) in [6.45, 7) is 10.2. The van der Waals surface area contributed by atoms with Crippen molar-refractivity contribution in [1.29, 1.82) is 0 Å². The van der Waals surface area contributed by atoms with Gasteiger partial charge >= 0.3 is 5.97 Å². The van der Waals surface area contributed by atoms with Gasteiger partial charge in [0.2, 0.25) is 0 Å². The fourth-order valence-corrected chi connectivity index (χ4v) is 4.43. The molecule has 0 bridgehead atoms. The van der Waals surface area contributed by atoms with Gasteiger partial charge in [-0.05, 0) is 58.2 Å². The van der Waals surface area contributed by atoms with Gasteiger partial charge in [-0.2, -0.15) is 0 Å². The lowest BCUT2D eigenvalue weighted by molar-refractivity contribution is -0.153. The van der Waals surface area contributed by atoms with Crippen LogP contribution >= 0.6 is 0 Å². The predicted octanol–water partition coefficient (Wildman–Crippen LogP) is 3.65. The fraction of sp³-hybridized carbons (Fsp3) is 0.565. The number of nitrogens with zero attached hydrogens (tertiary/aromatic N) is 3. The van der Waals surface area contributed by atoms with Gasteiger partial charge in [-0.15, -0.1) is 0 Å². The van der Waals surface area contributed by atoms with Crippen molar-refractivity contribution in [3.8, 4) is 0 Å². The van der Waals surface area contributed by atoms with Crippen molar-refractivity contribution >= 4 is 22.4 Å². The summed E-state index contributed by atoms with van der Waals surface area (Å²) in [5.41, 5.74) is 2.29. The molecule has 2 aliphatic heterocycles. The van der Waals surface area contributed by atoms with E-state index in [4.69, 9.17) is 4.74 Å². The second-order valence-corrected chi connectivity index (χ2v) is 9.10. The van der Waals surface area contributed by atoms with Crippen molar-refractivity contribution in [2.75, 3.05) is 37.7 Å². The molecular weight excluding hydrogens is 350 g/mol. The standard InChI is InChI=1S/C23H31N3O2/c1-23(2,3)22(27)28-13-12-25-10-5-7-19(16-25)26-11-9-18-15-24-14-17-6-4-8-20(26)21(17)18/h4,6,8,14-15,19H,5,7,9-13,16H2,1-3H3. The van der Waals surface area contributed by atoms with Crippen LogP contribution in [0.5, 0.6) is 0 Å². The molecule has 0 N–H and O–H groups in total. The van der Waals surface area contributed by atoms with Crippen LogP contribution in [-0.4, -0.2) is 54.7 Å². The molecule has 3 heterocycles. The molecule has 0 radical (unpaired) electrons. The lowest BCUT2D eigenvalue weighted by Crippen LogP contribution is -2.50. The molecule has 2 aliphatic rings. The highest BCUT2D eigenvalue weighted by Crippen LogP contribution is 2.36. The molecule has 5 heteroatoms. The Hall–Kier alpha value is -2.14. The highest BCUT2D eigenvalue weighted by atomic mass is 16.5. The summed E-state index contributed by atoms with van der Waals surface area (Å²) in [4.78, 5) is 21.4. The van der Waals surface area contributed by atoms with Gasteiger partial charge in [0.05, 0.1) is 5.41 Å². The van der Waals surface area contributed by atoms with E-state index in [9.17, 15) is 4.79 Å². The maximum Gasteiger partial charge on any atom is 0.311 e. The monoisotopic (exact) mass is 381 g/mol. The van der Waals surface area contributed by atoms with Gasteiger partial charge in [0.15, 0.2) is 0 Å². The van der Waals surface area contributed by atoms with Crippen LogP contribution in [0.1, 0.15) is 39.2 Å². The first-order chi connectivity index (χ1) is 13.4. The summed E-state index contributed by atoms with van der Waals surface area (Å²) in [5.74, 6) is -0.117. The number of piperidine rings is 1. The summed E-state index contributed by atoms with van der Waals surface area (Å²) < 4.78 is 5.48. The number of hydrogen-bond acceptors (Lipinski definition) is 5. The van der Waals surface area contributed by atoms with Crippen molar-refractivity contribution in [1.82, 2.24) is 9.88 Å². The number of pyridine rings is 1. The van der Waals surface area contributed by atoms with E-state index in [-0.39, 0.29) is 5.97 Å². The molecule has 1 aromatic heterocycles. The van der Waals surface area contributed by atoms with E-state index in [0.29, 0.717) is 12.6 Å². The molecular formula is C23H31N3O2. The molecule has 0 saturated carbocycles. The summed E-state index contributed by atoms with van der Waals surface area (Å²) in [7, 11) is 0. The first-order valence-electron chi connectivity index (χ1n) is 10.5. The van der Waals surface area contributed by atoms with Gasteiger partial charge in [-0.3, -0.25) is 14.7 Å². The summed E-state index contributed by atoms with van der Waals surface area (Å²) in [6, 6.07) is 7.08. The molecule has 150 valence electrons. The van der Waals surface area contributed by atoms with Gasteiger partial charge in [-0.1, -0.05) is 12.1 Å². The van der Waals surface area contributed by atoms with Crippen molar-refractivity contribution in [2.45, 2.75) is 46.1 Å². The van der Waals surface area contributed by atoms with E-state index in [2.05, 4.69) is 33.0 Å². The molecule has 1 unspecified atom stereocenters. The fourth-order valence-electron chi connectivity index (χ4n) is 4.43.